The second-order valence-electron chi connectivity index (χ2n) is 10.7. The number of pyridine rings is 2. The molecule has 0 atom stereocenters. The Morgan fingerprint density at radius 3 is 2.41 bits per heavy atom. The van der Waals surface area contributed by atoms with Crippen molar-refractivity contribution in [2.24, 2.45) is 5.41 Å². The maximum Gasteiger partial charge on any atom is 0.410 e. The first kappa shape index (κ1) is 25.0. The van der Waals surface area contributed by atoms with Gasteiger partial charge in [-0.2, -0.15) is 8.78 Å². The number of ether oxygens (including phenoxy) is 2. The van der Waals surface area contributed by atoms with Gasteiger partial charge in [0.15, 0.2) is 11.6 Å². The van der Waals surface area contributed by atoms with Gasteiger partial charge in [0, 0.05) is 44.1 Å². The summed E-state index contributed by atoms with van der Waals surface area (Å²) in [7, 11) is 0. The molecule has 1 amide bonds. The SMILES string of the molecule is CC(C)(C)OC(=O)N1CCC2(CCN(c3nc(-c4ccncc4)nc4cncc(OC(F)F)c34)CC2)C1. The van der Waals surface area contributed by atoms with Crippen LogP contribution in [0.25, 0.3) is 22.3 Å². The minimum Gasteiger partial charge on any atom is -0.444 e. The number of amides is 1. The van der Waals surface area contributed by atoms with Gasteiger partial charge in [-0.15, -0.1) is 0 Å². The third kappa shape index (κ3) is 5.40. The van der Waals surface area contributed by atoms with E-state index in [1.165, 1.54) is 12.4 Å². The van der Waals surface area contributed by atoms with Crippen LogP contribution < -0.4 is 9.64 Å². The molecule has 5 heterocycles. The van der Waals surface area contributed by atoms with Crippen LogP contribution >= 0.6 is 0 Å². The zero-order valence-corrected chi connectivity index (χ0v) is 21.2. The second kappa shape index (κ2) is 9.68. The fourth-order valence-corrected chi connectivity index (χ4v) is 5.10. The number of likely N-dealkylation sites (tertiary alicyclic amines) is 1. The molecule has 196 valence electrons. The van der Waals surface area contributed by atoms with E-state index in [-0.39, 0.29) is 17.3 Å². The average molecular weight is 513 g/mol. The molecule has 0 aliphatic carbocycles. The topological polar surface area (TPSA) is 93.6 Å². The summed E-state index contributed by atoms with van der Waals surface area (Å²) >= 11 is 0. The summed E-state index contributed by atoms with van der Waals surface area (Å²) in [4.78, 5) is 34.0. The van der Waals surface area contributed by atoms with Crippen LogP contribution in [0.1, 0.15) is 40.0 Å². The monoisotopic (exact) mass is 512 g/mol. The molecule has 1 spiro atoms. The first-order valence-electron chi connectivity index (χ1n) is 12.4. The van der Waals surface area contributed by atoms with Crippen molar-refractivity contribution in [3.8, 4) is 17.1 Å². The Kier molecular flexibility index (Phi) is 6.55. The molecular weight excluding hydrogens is 482 g/mol. The number of nitrogens with zero attached hydrogens (tertiary/aromatic N) is 6. The molecule has 3 aromatic heterocycles. The summed E-state index contributed by atoms with van der Waals surface area (Å²) < 4.78 is 36.8. The minimum absolute atomic E-state index is 0.00593. The summed E-state index contributed by atoms with van der Waals surface area (Å²) in [5.74, 6) is 0.936. The van der Waals surface area contributed by atoms with E-state index in [9.17, 15) is 13.6 Å². The third-order valence-corrected chi connectivity index (χ3v) is 6.92. The number of halogens is 2. The van der Waals surface area contributed by atoms with Gasteiger partial charge in [0.05, 0.1) is 23.3 Å². The molecule has 9 nitrogen and oxygen atoms in total. The van der Waals surface area contributed by atoms with Crippen molar-refractivity contribution in [2.75, 3.05) is 31.1 Å². The third-order valence-electron chi connectivity index (χ3n) is 6.92. The Morgan fingerprint density at radius 1 is 1.03 bits per heavy atom. The van der Waals surface area contributed by atoms with Gasteiger partial charge in [-0.1, -0.05) is 0 Å². The highest BCUT2D eigenvalue weighted by atomic mass is 19.3. The molecule has 2 aliphatic rings. The van der Waals surface area contributed by atoms with Crippen molar-refractivity contribution in [1.29, 1.82) is 0 Å². The molecule has 11 heteroatoms. The summed E-state index contributed by atoms with van der Waals surface area (Å²) in [6.07, 6.45) is 8.39. The minimum atomic E-state index is -3.00. The Bertz CT molecular complexity index is 1280. The highest BCUT2D eigenvalue weighted by Crippen LogP contribution is 2.43. The van der Waals surface area contributed by atoms with E-state index in [0.29, 0.717) is 48.7 Å². The van der Waals surface area contributed by atoms with Gasteiger partial charge in [0.1, 0.15) is 11.4 Å². The van der Waals surface area contributed by atoms with Crippen molar-refractivity contribution in [3.05, 3.63) is 36.9 Å². The number of piperidine rings is 1. The smallest absolute Gasteiger partial charge is 0.410 e. The maximum atomic E-state index is 13.2. The lowest BCUT2D eigenvalue weighted by Crippen LogP contribution is -2.43. The largest absolute Gasteiger partial charge is 0.444 e. The molecule has 2 aliphatic heterocycles. The summed E-state index contributed by atoms with van der Waals surface area (Å²) in [6, 6.07) is 3.60. The number of aromatic nitrogens is 4. The van der Waals surface area contributed by atoms with Gasteiger partial charge >= 0.3 is 12.7 Å². The molecular formula is C26H30F2N6O3. The number of carbonyl (C=O) groups excluding carboxylic acids is 1. The molecule has 0 aromatic carbocycles. The van der Waals surface area contributed by atoms with Crippen LogP contribution in [-0.2, 0) is 4.74 Å². The van der Waals surface area contributed by atoms with Gasteiger partial charge in [-0.3, -0.25) is 9.97 Å². The lowest BCUT2D eigenvalue weighted by molar-refractivity contribution is -0.0490. The summed E-state index contributed by atoms with van der Waals surface area (Å²) in [5.41, 5.74) is 0.639. The van der Waals surface area contributed by atoms with Gasteiger partial charge in [-0.05, 0) is 57.6 Å². The van der Waals surface area contributed by atoms with E-state index in [1.807, 2.05) is 20.8 Å². The lowest BCUT2D eigenvalue weighted by atomic mass is 9.78. The van der Waals surface area contributed by atoms with Crippen LogP contribution in [0.3, 0.4) is 0 Å². The predicted octanol–water partition coefficient (Wildman–Crippen LogP) is 4.92. The molecule has 5 rings (SSSR count). The highest BCUT2D eigenvalue weighted by molar-refractivity contribution is 5.95. The quantitative estimate of drug-likeness (QED) is 0.487. The summed E-state index contributed by atoms with van der Waals surface area (Å²) in [5, 5.41) is 0.408. The average Bonchev–Trinajstić information content (AvgIpc) is 3.27. The number of hydrogen-bond donors (Lipinski definition) is 0. The number of anilines is 1. The van der Waals surface area contributed by atoms with Crippen molar-refractivity contribution in [3.63, 3.8) is 0 Å². The van der Waals surface area contributed by atoms with E-state index in [0.717, 1.165) is 24.8 Å². The van der Waals surface area contributed by atoms with Crippen LogP contribution in [0.15, 0.2) is 36.9 Å². The van der Waals surface area contributed by atoms with Crippen molar-refractivity contribution in [1.82, 2.24) is 24.8 Å². The van der Waals surface area contributed by atoms with Crippen molar-refractivity contribution < 1.29 is 23.0 Å². The van der Waals surface area contributed by atoms with Crippen molar-refractivity contribution >= 4 is 22.8 Å². The second-order valence-corrected chi connectivity index (χ2v) is 10.7. The van der Waals surface area contributed by atoms with Crippen LogP contribution in [0.4, 0.5) is 19.4 Å². The lowest BCUT2D eigenvalue weighted by Gasteiger charge is -2.40. The molecule has 0 N–H and O–H groups in total. The first-order valence-corrected chi connectivity index (χ1v) is 12.4. The van der Waals surface area contributed by atoms with Gasteiger partial charge < -0.3 is 19.3 Å². The fraction of sp³-hybridized carbons (Fsp3) is 0.500. The Balaban J connectivity index is 1.43. The van der Waals surface area contributed by atoms with Crippen molar-refractivity contribution in [2.45, 2.75) is 52.2 Å². The number of alkyl halides is 2. The maximum absolute atomic E-state index is 13.2. The van der Waals surface area contributed by atoms with Crippen LogP contribution in [0, 0.1) is 5.41 Å². The molecule has 2 saturated heterocycles. The van der Waals surface area contributed by atoms with Gasteiger partial charge in [0.25, 0.3) is 0 Å². The molecule has 0 bridgehead atoms. The van der Waals surface area contributed by atoms with Crippen LogP contribution in [0.5, 0.6) is 5.75 Å². The molecule has 3 aromatic rings. The van der Waals surface area contributed by atoms with E-state index < -0.39 is 12.2 Å². The highest BCUT2D eigenvalue weighted by Gasteiger charge is 2.43. The van der Waals surface area contributed by atoms with E-state index >= 15 is 0 Å². The Morgan fingerprint density at radius 2 is 1.73 bits per heavy atom. The molecule has 0 unspecified atom stereocenters. The van der Waals surface area contributed by atoms with E-state index in [4.69, 9.17) is 14.5 Å². The van der Waals surface area contributed by atoms with Crippen LogP contribution in [0.2, 0.25) is 0 Å². The molecule has 0 radical (unpaired) electrons. The van der Waals surface area contributed by atoms with Gasteiger partial charge in [0.2, 0.25) is 0 Å². The number of carbonyl (C=O) groups is 1. The Labute approximate surface area is 213 Å². The van der Waals surface area contributed by atoms with Crippen LogP contribution in [-0.4, -0.2) is 69.3 Å². The first-order chi connectivity index (χ1) is 17.6. The number of hydrogen-bond acceptors (Lipinski definition) is 8. The fourth-order valence-electron chi connectivity index (χ4n) is 5.10. The predicted molar refractivity (Wildman–Crippen MR) is 133 cm³/mol. The van der Waals surface area contributed by atoms with Gasteiger partial charge in [-0.25, -0.2) is 14.8 Å². The molecule has 2 fully saturated rings. The Hall–Kier alpha value is -3.63. The zero-order valence-electron chi connectivity index (χ0n) is 21.2. The van der Waals surface area contributed by atoms with E-state index in [2.05, 4.69) is 19.9 Å². The number of fused-ring (bicyclic) bond motifs is 1. The van der Waals surface area contributed by atoms with E-state index in [1.54, 1.807) is 29.4 Å². The normalized spacial score (nSPS) is 17.6. The summed E-state index contributed by atoms with van der Waals surface area (Å²) in [6.45, 7) is 5.21. The number of rotatable bonds is 4. The molecule has 0 saturated carbocycles. The standard InChI is InChI=1S/C26H30F2N6O3/c1-25(2,3)37-24(35)34-13-8-26(16-34)6-11-33(12-7-26)22-20-18(14-30-15-19(20)36-23(27)28)31-21(32-22)17-4-9-29-10-5-17/h4-5,9-10,14-15,23H,6-8,11-13,16H2,1-3H3. The zero-order chi connectivity index (χ0) is 26.2. The molecule has 37 heavy (non-hydrogen) atoms.